The molecule has 0 fully saturated rings. The van der Waals surface area contributed by atoms with Gasteiger partial charge in [0.2, 0.25) is 0 Å². The molecule has 2 aromatic rings. The molecule has 0 aliphatic heterocycles. The molecule has 0 aliphatic rings. The summed E-state index contributed by atoms with van der Waals surface area (Å²) in [6, 6.07) is 15.1. The van der Waals surface area contributed by atoms with Crippen molar-refractivity contribution < 1.29 is 0 Å². The predicted molar refractivity (Wildman–Crippen MR) is 79.1 cm³/mol. The first-order valence-corrected chi connectivity index (χ1v) is 6.24. The molecule has 2 N–H and O–H groups in total. The molecule has 0 saturated carbocycles. The summed E-state index contributed by atoms with van der Waals surface area (Å²) in [4.78, 5) is 2.03. The van der Waals surface area contributed by atoms with Gasteiger partial charge in [0.05, 0.1) is 23.0 Å². The van der Waals surface area contributed by atoms with Gasteiger partial charge in [-0.2, -0.15) is 5.26 Å². The van der Waals surface area contributed by atoms with Crippen molar-refractivity contribution in [3.05, 3.63) is 58.6 Å². The maximum atomic E-state index is 8.81. The molecule has 2 aromatic carbocycles. The fraction of sp³-hybridized carbons (Fsp3) is 0.133. The van der Waals surface area contributed by atoms with Crippen LogP contribution < -0.4 is 10.6 Å². The summed E-state index contributed by atoms with van der Waals surface area (Å²) >= 11 is 6.17. The Labute approximate surface area is 117 Å². The lowest BCUT2D eigenvalue weighted by molar-refractivity contribution is 0.925. The standard InChI is InChI=1S/C15H14ClN3/c1-19(15-5-3-2-4-14(15)18)10-12-7-6-11(9-17)8-13(12)16/h2-8H,10,18H2,1H3. The largest absolute Gasteiger partial charge is 0.397 e. The van der Waals surface area contributed by atoms with Crippen LogP contribution in [0.2, 0.25) is 5.02 Å². The number of hydrogen-bond donors (Lipinski definition) is 1. The van der Waals surface area contributed by atoms with E-state index in [1.807, 2.05) is 42.3 Å². The minimum atomic E-state index is 0.565. The summed E-state index contributed by atoms with van der Waals surface area (Å²) in [7, 11) is 1.96. The van der Waals surface area contributed by atoms with E-state index >= 15 is 0 Å². The highest BCUT2D eigenvalue weighted by atomic mass is 35.5. The van der Waals surface area contributed by atoms with Gasteiger partial charge in [0.15, 0.2) is 0 Å². The number of hydrogen-bond acceptors (Lipinski definition) is 3. The summed E-state index contributed by atoms with van der Waals surface area (Å²) in [5, 5.41) is 9.41. The third kappa shape index (κ3) is 2.98. The highest BCUT2D eigenvalue weighted by Gasteiger charge is 2.08. The minimum absolute atomic E-state index is 0.565. The monoisotopic (exact) mass is 271 g/mol. The van der Waals surface area contributed by atoms with Crippen LogP contribution in [0.1, 0.15) is 11.1 Å². The number of nitriles is 1. The summed E-state index contributed by atoms with van der Waals surface area (Å²) in [6.07, 6.45) is 0. The first-order valence-electron chi connectivity index (χ1n) is 5.86. The molecular formula is C15H14ClN3. The van der Waals surface area contributed by atoms with Gasteiger partial charge in [0.1, 0.15) is 0 Å². The van der Waals surface area contributed by atoms with Crippen LogP contribution in [0, 0.1) is 11.3 Å². The Morgan fingerprint density at radius 3 is 2.63 bits per heavy atom. The zero-order valence-electron chi connectivity index (χ0n) is 10.6. The van der Waals surface area contributed by atoms with E-state index in [4.69, 9.17) is 22.6 Å². The van der Waals surface area contributed by atoms with E-state index in [1.165, 1.54) is 0 Å². The quantitative estimate of drug-likeness (QED) is 0.870. The van der Waals surface area contributed by atoms with Crippen molar-refractivity contribution in [1.29, 1.82) is 5.26 Å². The Hall–Kier alpha value is -2.18. The van der Waals surface area contributed by atoms with Crippen molar-refractivity contribution in [3.63, 3.8) is 0 Å². The van der Waals surface area contributed by atoms with Gasteiger partial charge in [-0.3, -0.25) is 0 Å². The summed E-state index contributed by atoms with van der Waals surface area (Å²) in [5.41, 5.74) is 9.16. The Morgan fingerprint density at radius 2 is 2.00 bits per heavy atom. The normalized spacial score (nSPS) is 9.95. The molecule has 0 heterocycles. The summed E-state index contributed by atoms with van der Waals surface area (Å²) < 4.78 is 0. The van der Waals surface area contributed by atoms with Gasteiger partial charge in [0, 0.05) is 18.6 Å². The van der Waals surface area contributed by atoms with E-state index in [2.05, 4.69) is 6.07 Å². The number of benzene rings is 2. The number of para-hydroxylation sites is 2. The zero-order chi connectivity index (χ0) is 13.8. The minimum Gasteiger partial charge on any atom is -0.397 e. The van der Waals surface area contributed by atoms with Crippen molar-refractivity contribution in [2.24, 2.45) is 0 Å². The lowest BCUT2D eigenvalue weighted by Crippen LogP contribution is -2.17. The fourth-order valence-electron chi connectivity index (χ4n) is 1.92. The van der Waals surface area contributed by atoms with Gasteiger partial charge >= 0.3 is 0 Å². The van der Waals surface area contributed by atoms with E-state index in [-0.39, 0.29) is 0 Å². The fourth-order valence-corrected chi connectivity index (χ4v) is 2.16. The molecule has 0 atom stereocenters. The lowest BCUT2D eigenvalue weighted by atomic mass is 10.1. The van der Waals surface area contributed by atoms with E-state index in [1.54, 1.807) is 12.1 Å². The van der Waals surface area contributed by atoms with Crippen LogP contribution in [0.4, 0.5) is 11.4 Å². The topological polar surface area (TPSA) is 53.0 Å². The van der Waals surface area contributed by atoms with Crippen LogP contribution in [0.15, 0.2) is 42.5 Å². The van der Waals surface area contributed by atoms with E-state index in [0.29, 0.717) is 17.1 Å². The van der Waals surface area contributed by atoms with Crippen LogP contribution in [0.3, 0.4) is 0 Å². The average Bonchev–Trinajstić information content (AvgIpc) is 2.41. The number of halogens is 1. The molecule has 0 aliphatic carbocycles. The van der Waals surface area contributed by atoms with Crippen molar-refractivity contribution in [1.82, 2.24) is 0 Å². The zero-order valence-corrected chi connectivity index (χ0v) is 11.4. The maximum Gasteiger partial charge on any atom is 0.0992 e. The average molecular weight is 272 g/mol. The molecule has 0 unspecified atom stereocenters. The van der Waals surface area contributed by atoms with Gasteiger partial charge in [-0.1, -0.05) is 29.8 Å². The molecule has 96 valence electrons. The first-order chi connectivity index (χ1) is 9.11. The SMILES string of the molecule is CN(Cc1ccc(C#N)cc1Cl)c1ccccc1N. The second kappa shape index (κ2) is 5.64. The molecule has 0 radical (unpaired) electrons. The second-order valence-electron chi connectivity index (χ2n) is 4.33. The summed E-state index contributed by atoms with van der Waals surface area (Å²) in [6.45, 7) is 0.638. The van der Waals surface area contributed by atoms with E-state index in [9.17, 15) is 0 Å². The molecule has 0 amide bonds. The van der Waals surface area contributed by atoms with E-state index < -0.39 is 0 Å². The van der Waals surface area contributed by atoms with Crippen molar-refractivity contribution in [2.75, 3.05) is 17.7 Å². The van der Waals surface area contributed by atoms with Crippen molar-refractivity contribution >= 4 is 23.0 Å². The molecule has 2 rings (SSSR count). The molecule has 3 nitrogen and oxygen atoms in total. The molecule has 4 heteroatoms. The molecule has 0 spiro atoms. The maximum absolute atomic E-state index is 8.81. The van der Waals surface area contributed by atoms with Crippen LogP contribution in [-0.2, 0) is 6.54 Å². The third-order valence-corrected chi connectivity index (χ3v) is 3.29. The molecular weight excluding hydrogens is 258 g/mol. The van der Waals surface area contributed by atoms with Gasteiger partial charge in [-0.25, -0.2) is 0 Å². The third-order valence-electron chi connectivity index (χ3n) is 2.94. The Bertz CT molecular complexity index is 632. The van der Waals surface area contributed by atoms with Crippen molar-refractivity contribution in [2.45, 2.75) is 6.54 Å². The lowest BCUT2D eigenvalue weighted by Gasteiger charge is -2.21. The van der Waals surface area contributed by atoms with Crippen LogP contribution in [-0.4, -0.2) is 7.05 Å². The Balaban J connectivity index is 2.22. The summed E-state index contributed by atoms with van der Waals surface area (Å²) in [5.74, 6) is 0. The van der Waals surface area contributed by atoms with Gasteiger partial charge in [0.25, 0.3) is 0 Å². The first kappa shape index (κ1) is 13.3. The number of nitrogen functional groups attached to an aromatic ring is 1. The second-order valence-corrected chi connectivity index (χ2v) is 4.74. The van der Waals surface area contributed by atoms with Gasteiger partial charge < -0.3 is 10.6 Å². The number of nitrogens with two attached hydrogens (primary N) is 1. The van der Waals surface area contributed by atoms with Crippen molar-refractivity contribution in [3.8, 4) is 6.07 Å². The smallest absolute Gasteiger partial charge is 0.0992 e. The molecule has 0 aromatic heterocycles. The number of anilines is 2. The van der Waals surface area contributed by atoms with Crippen LogP contribution in [0.5, 0.6) is 0 Å². The molecule has 0 saturated heterocycles. The predicted octanol–water partition coefficient (Wildman–Crippen LogP) is 3.43. The number of nitrogens with zero attached hydrogens (tertiary/aromatic N) is 2. The van der Waals surface area contributed by atoms with Crippen LogP contribution in [0.25, 0.3) is 0 Å². The van der Waals surface area contributed by atoms with Crippen LogP contribution >= 0.6 is 11.6 Å². The van der Waals surface area contributed by atoms with Gasteiger partial charge in [-0.05, 0) is 29.8 Å². The van der Waals surface area contributed by atoms with Gasteiger partial charge in [-0.15, -0.1) is 0 Å². The number of rotatable bonds is 3. The molecule has 0 bridgehead atoms. The Morgan fingerprint density at radius 1 is 1.26 bits per heavy atom. The Kier molecular flexibility index (Phi) is 3.94. The molecule has 19 heavy (non-hydrogen) atoms. The highest BCUT2D eigenvalue weighted by molar-refractivity contribution is 6.31. The highest BCUT2D eigenvalue weighted by Crippen LogP contribution is 2.25. The van der Waals surface area contributed by atoms with E-state index in [0.717, 1.165) is 16.9 Å².